The summed E-state index contributed by atoms with van der Waals surface area (Å²) in [5.41, 5.74) is 0. The van der Waals surface area contributed by atoms with E-state index in [4.69, 9.17) is 0 Å². The predicted octanol–water partition coefficient (Wildman–Crippen LogP) is 3.13. The number of rotatable bonds is 6. The first-order valence-corrected chi connectivity index (χ1v) is 8.71. The Labute approximate surface area is 119 Å². The second kappa shape index (κ2) is 5.73. The van der Waals surface area contributed by atoms with Gasteiger partial charge in [0.2, 0.25) is 0 Å². The van der Waals surface area contributed by atoms with Crippen molar-refractivity contribution in [2.24, 2.45) is 23.7 Å². The molecule has 2 heteroatoms. The van der Waals surface area contributed by atoms with Gasteiger partial charge >= 0.3 is 0 Å². The molecular weight excluding hydrogens is 232 g/mol. The van der Waals surface area contributed by atoms with Gasteiger partial charge in [0.05, 0.1) is 0 Å². The van der Waals surface area contributed by atoms with E-state index in [1.165, 1.54) is 38.9 Å². The summed E-state index contributed by atoms with van der Waals surface area (Å²) in [6, 6.07) is 1.50. The lowest BCUT2D eigenvalue weighted by atomic mass is 9.79. The summed E-state index contributed by atoms with van der Waals surface area (Å²) in [7, 11) is 0. The van der Waals surface area contributed by atoms with E-state index in [0.29, 0.717) is 6.04 Å². The molecule has 0 aromatic heterocycles. The molecule has 0 heterocycles. The maximum atomic E-state index is 3.98. The van der Waals surface area contributed by atoms with Gasteiger partial charge in [0, 0.05) is 18.6 Å². The van der Waals surface area contributed by atoms with Gasteiger partial charge < -0.3 is 10.2 Å². The van der Waals surface area contributed by atoms with Gasteiger partial charge in [-0.3, -0.25) is 0 Å². The van der Waals surface area contributed by atoms with Crippen LogP contribution in [0, 0.1) is 23.7 Å². The van der Waals surface area contributed by atoms with Crippen LogP contribution in [-0.2, 0) is 0 Å². The van der Waals surface area contributed by atoms with Gasteiger partial charge in [-0.2, -0.15) is 0 Å². The Morgan fingerprint density at radius 1 is 1.05 bits per heavy atom. The van der Waals surface area contributed by atoms with E-state index in [0.717, 1.165) is 29.7 Å². The Morgan fingerprint density at radius 2 is 1.79 bits per heavy atom. The zero-order chi connectivity index (χ0) is 13.4. The van der Waals surface area contributed by atoms with Crippen LogP contribution in [0.1, 0.15) is 52.9 Å². The van der Waals surface area contributed by atoms with Gasteiger partial charge in [-0.1, -0.05) is 20.3 Å². The lowest BCUT2D eigenvalue weighted by Crippen LogP contribution is -2.47. The van der Waals surface area contributed by atoms with Crippen molar-refractivity contribution >= 4 is 0 Å². The zero-order valence-electron chi connectivity index (χ0n) is 13.1. The Kier molecular flexibility index (Phi) is 4.19. The molecule has 110 valence electrons. The summed E-state index contributed by atoms with van der Waals surface area (Å²) in [5.74, 6) is 4.32. The van der Waals surface area contributed by atoms with E-state index >= 15 is 0 Å². The van der Waals surface area contributed by atoms with Crippen LogP contribution < -0.4 is 5.32 Å². The molecule has 3 fully saturated rings. The molecule has 1 N–H and O–H groups in total. The van der Waals surface area contributed by atoms with Crippen molar-refractivity contribution in [1.29, 1.82) is 0 Å². The standard InChI is InChI=1S/C17H32N2/c1-4-19(5-2)11-12(3)18-17-10-13-9-16(17)15-8-6-7-14(13)15/h12-18H,4-11H2,1-3H3. The van der Waals surface area contributed by atoms with E-state index in [2.05, 4.69) is 31.0 Å². The van der Waals surface area contributed by atoms with E-state index in [1.807, 2.05) is 0 Å². The van der Waals surface area contributed by atoms with Gasteiger partial charge in [0.25, 0.3) is 0 Å². The maximum absolute atomic E-state index is 3.98. The zero-order valence-corrected chi connectivity index (χ0v) is 13.1. The summed E-state index contributed by atoms with van der Waals surface area (Å²) in [6.07, 6.45) is 7.63. The highest BCUT2D eigenvalue weighted by molar-refractivity contribution is 5.05. The minimum Gasteiger partial charge on any atom is -0.310 e. The highest BCUT2D eigenvalue weighted by Crippen LogP contribution is 2.58. The average Bonchev–Trinajstić information content (AvgIpc) is 3.07. The minimum atomic E-state index is 0.657. The van der Waals surface area contributed by atoms with Crippen molar-refractivity contribution in [3.63, 3.8) is 0 Å². The van der Waals surface area contributed by atoms with Crippen LogP contribution in [0.3, 0.4) is 0 Å². The molecule has 3 aliphatic rings. The second-order valence-corrected chi connectivity index (χ2v) is 7.31. The first-order chi connectivity index (χ1) is 9.22. The summed E-state index contributed by atoms with van der Waals surface area (Å²) in [4.78, 5) is 2.54. The van der Waals surface area contributed by atoms with Crippen molar-refractivity contribution in [1.82, 2.24) is 10.2 Å². The lowest BCUT2D eigenvalue weighted by molar-refractivity contribution is 0.185. The highest BCUT2D eigenvalue weighted by Gasteiger charge is 2.53. The highest BCUT2D eigenvalue weighted by atomic mass is 15.1. The number of nitrogens with one attached hydrogen (secondary N) is 1. The quantitative estimate of drug-likeness (QED) is 0.793. The molecule has 0 aromatic carbocycles. The van der Waals surface area contributed by atoms with E-state index in [1.54, 1.807) is 12.8 Å². The van der Waals surface area contributed by atoms with Crippen LogP contribution in [0.5, 0.6) is 0 Å². The normalized spacial score (nSPS) is 42.0. The Balaban J connectivity index is 1.51. The van der Waals surface area contributed by atoms with Crippen LogP contribution >= 0.6 is 0 Å². The molecule has 0 radical (unpaired) electrons. The topological polar surface area (TPSA) is 15.3 Å². The molecule has 2 nitrogen and oxygen atoms in total. The van der Waals surface area contributed by atoms with Crippen molar-refractivity contribution in [3.8, 4) is 0 Å². The fraction of sp³-hybridized carbons (Fsp3) is 1.00. The Hall–Kier alpha value is -0.0800. The second-order valence-electron chi connectivity index (χ2n) is 7.31. The summed E-state index contributed by atoms with van der Waals surface area (Å²) in [5, 5.41) is 3.98. The molecule has 3 rings (SSSR count). The molecule has 3 saturated carbocycles. The molecule has 2 bridgehead atoms. The molecule has 3 aliphatic carbocycles. The number of fused-ring (bicyclic) bond motifs is 5. The van der Waals surface area contributed by atoms with Crippen LogP contribution in [0.15, 0.2) is 0 Å². The molecule has 0 saturated heterocycles. The van der Waals surface area contributed by atoms with Gasteiger partial charge in [-0.15, -0.1) is 0 Å². The number of likely N-dealkylation sites (N-methyl/N-ethyl adjacent to an activating group) is 1. The fourth-order valence-electron chi connectivity index (χ4n) is 5.55. The molecule has 0 spiro atoms. The van der Waals surface area contributed by atoms with E-state index < -0.39 is 0 Å². The van der Waals surface area contributed by atoms with E-state index in [-0.39, 0.29) is 0 Å². The summed E-state index contributed by atoms with van der Waals surface area (Å²) < 4.78 is 0. The third-order valence-electron chi connectivity index (χ3n) is 6.35. The first-order valence-electron chi connectivity index (χ1n) is 8.71. The fourth-order valence-corrected chi connectivity index (χ4v) is 5.55. The SMILES string of the molecule is CCN(CC)CC(C)NC1CC2CC1C1CCCC21. The van der Waals surface area contributed by atoms with Gasteiger partial charge in [-0.25, -0.2) is 0 Å². The van der Waals surface area contributed by atoms with Crippen LogP contribution in [-0.4, -0.2) is 36.6 Å². The van der Waals surface area contributed by atoms with Crippen molar-refractivity contribution in [3.05, 3.63) is 0 Å². The molecule has 6 unspecified atom stereocenters. The third kappa shape index (κ3) is 2.58. The lowest BCUT2D eigenvalue weighted by Gasteiger charge is -2.35. The van der Waals surface area contributed by atoms with Crippen molar-refractivity contribution in [2.45, 2.75) is 65.0 Å². The van der Waals surface area contributed by atoms with Gasteiger partial charge in [-0.05, 0) is 69.4 Å². The average molecular weight is 264 g/mol. The molecule has 6 atom stereocenters. The number of hydrogen-bond acceptors (Lipinski definition) is 2. The largest absolute Gasteiger partial charge is 0.310 e. The predicted molar refractivity (Wildman–Crippen MR) is 81.2 cm³/mol. The minimum absolute atomic E-state index is 0.657. The maximum Gasteiger partial charge on any atom is 0.0169 e. The third-order valence-corrected chi connectivity index (χ3v) is 6.35. The summed E-state index contributed by atoms with van der Waals surface area (Å²) in [6.45, 7) is 10.5. The van der Waals surface area contributed by atoms with Gasteiger partial charge in [0.15, 0.2) is 0 Å². The number of hydrogen-bond donors (Lipinski definition) is 1. The molecule has 0 amide bonds. The smallest absolute Gasteiger partial charge is 0.0169 e. The molecule has 0 aromatic rings. The molecular formula is C17H32N2. The molecule has 19 heavy (non-hydrogen) atoms. The Bertz CT molecular complexity index is 300. The van der Waals surface area contributed by atoms with Crippen molar-refractivity contribution < 1.29 is 0 Å². The van der Waals surface area contributed by atoms with Crippen LogP contribution in [0.2, 0.25) is 0 Å². The monoisotopic (exact) mass is 264 g/mol. The first kappa shape index (κ1) is 13.9. The van der Waals surface area contributed by atoms with Crippen LogP contribution in [0.4, 0.5) is 0 Å². The van der Waals surface area contributed by atoms with Crippen molar-refractivity contribution in [2.75, 3.05) is 19.6 Å². The Morgan fingerprint density at radius 3 is 2.53 bits per heavy atom. The summed E-state index contributed by atoms with van der Waals surface area (Å²) >= 11 is 0. The number of nitrogens with zero attached hydrogens (tertiary/aromatic N) is 1. The van der Waals surface area contributed by atoms with Gasteiger partial charge in [0.1, 0.15) is 0 Å². The molecule has 0 aliphatic heterocycles. The van der Waals surface area contributed by atoms with Crippen LogP contribution in [0.25, 0.3) is 0 Å². The van der Waals surface area contributed by atoms with E-state index in [9.17, 15) is 0 Å².